The lowest BCUT2D eigenvalue weighted by molar-refractivity contribution is 0.125. The van der Waals surface area contributed by atoms with Crippen molar-refractivity contribution in [2.24, 2.45) is 0 Å². The fraction of sp³-hybridized carbons (Fsp3) is 0.400. The van der Waals surface area contributed by atoms with E-state index in [0.29, 0.717) is 0 Å². The Kier molecular flexibility index (Phi) is 3.25. The van der Waals surface area contributed by atoms with Crippen LogP contribution >= 0.6 is 0 Å². The van der Waals surface area contributed by atoms with Gasteiger partial charge in [-0.3, -0.25) is 0 Å². The standard InChI is InChI=1S/C10H13FO2/c1-7-3-4-9(11)10(5-7)13-8(2)6-12/h3-5,8,12H,6H2,1-2H3. The van der Waals surface area contributed by atoms with Gasteiger partial charge in [0.05, 0.1) is 6.61 Å². The summed E-state index contributed by atoms with van der Waals surface area (Å²) in [4.78, 5) is 0. The van der Waals surface area contributed by atoms with Crippen LogP contribution in [0.2, 0.25) is 0 Å². The Morgan fingerprint density at radius 3 is 2.85 bits per heavy atom. The fourth-order valence-corrected chi connectivity index (χ4v) is 0.955. The minimum absolute atomic E-state index is 0.118. The molecule has 1 rings (SSSR count). The van der Waals surface area contributed by atoms with Crippen LogP contribution in [0.4, 0.5) is 4.39 Å². The van der Waals surface area contributed by atoms with E-state index in [0.717, 1.165) is 5.56 Å². The molecule has 0 saturated carbocycles. The van der Waals surface area contributed by atoms with Gasteiger partial charge < -0.3 is 9.84 Å². The highest BCUT2D eigenvalue weighted by Gasteiger charge is 2.07. The smallest absolute Gasteiger partial charge is 0.165 e. The number of hydrogen-bond donors (Lipinski definition) is 1. The number of ether oxygens (including phenoxy) is 1. The molecule has 1 aromatic carbocycles. The summed E-state index contributed by atoms with van der Waals surface area (Å²) in [5.74, 6) is -0.201. The molecular weight excluding hydrogens is 171 g/mol. The molecule has 0 heterocycles. The molecule has 0 aliphatic rings. The van der Waals surface area contributed by atoms with Crippen molar-refractivity contribution >= 4 is 0 Å². The van der Waals surface area contributed by atoms with Crippen LogP contribution in [0.25, 0.3) is 0 Å². The number of halogens is 1. The molecule has 0 bridgehead atoms. The van der Waals surface area contributed by atoms with Crippen molar-refractivity contribution in [3.05, 3.63) is 29.6 Å². The Labute approximate surface area is 77.0 Å². The van der Waals surface area contributed by atoms with E-state index in [1.165, 1.54) is 6.07 Å². The Balaban J connectivity index is 2.81. The highest BCUT2D eigenvalue weighted by molar-refractivity contribution is 5.29. The number of rotatable bonds is 3. The Bertz CT molecular complexity index is 286. The minimum atomic E-state index is -0.397. The van der Waals surface area contributed by atoms with Crippen molar-refractivity contribution in [2.45, 2.75) is 20.0 Å². The Hall–Kier alpha value is -1.09. The molecule has 1 unspecified atom stereocenters. The Morgan fingerprint density at radius 1 is 1.54 bits per heavy atom. The maximum absolute atomic E-state index is 13.1. The van der Waals surface area contributed by atoms with E-state index in [1.807, 2.05) is 6.92 Å². The summed E-state index contributed by atoms with van der Waals surface area (Å²) in [6.07, 6.45) is -0.378. The predicted octanol–water partition coefficient (Wildman–Crippen LogP) is 1.89. The number of aliphatic hydroxyl groups excluding tert-OH is 1. The summed E-state index contributed by atoms with van der Waals surface area (Å²) in [5, 5.41) is 8.71. The second-order valence-corrected chi connectivity index (χ2v) is 3.04. The second kappa shape index (κ2) is 4.23. The van der Waals surface area contributed by atoms with Crippen LogP contribution in [0, 0.1) is 12.7 Å². The molecule has 0 aliphatic heterocycles. The lowest BCUT2D eigenvalue weighted by atomic mass is 10.2. The maximum Gasteiger partial charge on any atom is 0.165 e. The van der Waals surface area contributed by atoms with Gasteiger partial charge in [-0.2, -0.15) is 0 Å². The van der Waals surface area contributed by atoms with Gasteiger partial charge in [0.25, 0.3) is 0 Å². The highest BCUT2D eigenvalue weighted by Crippen LogP contribution is 2.19. The van der Waals surface area contributed by atoms with Gasteiger partial charge in [0.15, 0.2) is 11.6 Å². The molecule has 0 amide bonds. The van der Waals surface area contributed by atoms with Gasteiger partial charge in [-0.25, -0.2) is 4.39 Å². The topological polar surface area (TPSA) is 29.5 Å². The van der Waals surface area contributed by atoms with Crippen LogP contribution in [0.15, 0.2) is 18.2 Å². The molecule has 0 spiro atoms. The molecule has 1 N–H and O–H groups in total. The molecule has 72 valence electrons. The number of aryl methyl sites for hydroxylation is 1. The van der Waals surface area contributed by atoms with Crippen molar-refractivity contribution in [1.29, 1.82) is 0 Å². The molecule has 0 radical (unpaired) electrons. The minimum Gasteiger partial charge on any atom is -0.485 e. The first-order valence-electron chi connectivity index (χ1n) is 4.17. The number of aliphatic hydroxyl groups is 1. The van der Waals surface area contributed by atoms with Crippen LogP contribution in [-0.2, 0) is 0 Å². The van der Waals surface area contributed by atoms with Gasteiger partial charge in [-0.1, -0.05) is 6.07 Å². The molecule has 3 heteroatoms. The van der Waals surface area contributed by atoms with Crippen LogP contribution in [0.5, 0.6) is 5.75 Å². The van der Waals surface area contributed by atoms with Gasteiger partial charge in [-0.15, -0.1) is 0 Å². The van der Waals surface area contributed by atoms with Crippen LogP contribution in [0.3, 0.4) is 0 Å². The zero-order valence-electron chi connectivity index (χ0n) is 7.75. The van der Waals surface area contributed by atoms with Crippen molar-refractivity contribution in [3.63, 3.8) is 0 Å². The normalized spacial score (nSPS) is 12.6. The second-order valence-electron chi connectivity index (χ2n) is 3.04. The molecule has 0 aromatic heterocycles. The molecule has 0 saturated heterocycles. The fourth-order valence-electron chi connectivity index (χ4n) is 0.955. The van der Waals surface area contributed by atoms with Gasteiger partial charge in [0, 0.05) is 0 Å². The SMILES string of the molecule is Cc1ccc(F)c(OC(C)CO)c1. The molecule has 2 nitrogen and oxygen atoms in total. The van der Waals surface area contributed by atoms with Crippen molar-refractivity contribution in [1.82, 2.24) is 0 Å². The third kappa shape index (κ3) is 2.70. The summed E-state index contributed by atoms with van der Waals surface area (Å²) >= 11 is 0. The average molecular weight is 184 g/mol. The number of hydrogen-bond acceptors (Lipinski definition) is 2. The molecular formula is C10H13FO2. The van der Waals surface area contributed by atoms with Gasteiger partial charge in [-0.05, 0) is 31.5 Å². The van der Waals surface area contributed by atoms with Crippen LogP contribution in [0.1, 0.15) is 12.5 Å². The molecule has 0 aliphatic carbocycles. The average Bonchev–Trinajstić information content (AvgIpc) is 2.11. The van der Waals surface area contributed by atoms with Crippen LogP contribution in [-0.4, -0.2) is 17.8 Å². The van der Waals surface area contributed by atoms with Crippen LogP contribution < -0.4 is 4.74 Å². The first-order valence-corrected chi connectivity index (χ1v) is 4.17. The maximum atomic E-state index is 13.1. The third-order valence-corrected chi connectivity index (χ3v) is 1.67. The third-order valence-electron chi connectivity index (χ3n) is 1.67. The summed E-state index contributed by atoms with van der Waals surface area (Å²) in [6.45, 7) is 3.42. The number of benzene rings is 1. The van der Waals surface area contributed by atoms with Crippen molar-refractivity contribution in [2.75, 3.05) is 6.61 Å². The van der Waals surface area contributed by atoms with E-state index < -0.39 is 5.82 Å². The summed E-state index contributed by atoms with van der Waals surface area (Å²) in [7, 11) is 0. The zero-order valence-corrected chi connectivity index (χ0v) is 7.75. The molecule has 0 fully saturated rings. The van der Waals surface area contributed by atoms with Crippen molar-refractivity contribution < 1.29 is 14.2 Å². The van der Waals surface area contributed by atoms with Gasteiger partial charge in [0.2, 0.25) is 0 Å². The first-order chi connectivity index (χ1) is 6.13. The van der Waals surface area contributed by atoms with E-state index in [1.54, 1.807) is 19.1 Å². The summed E-state index contributed by atoms with van der Waals surface area (Å²) in [6, 6.07) is 4.64. The highest BCUT2D eigenvalue weighted by atomic mass is 19.1. The molecule has 13 heavy (non-hydrogen) atoms. The predicted molar refractivity (Wildman–Crippen MR) is 48.3 cm³/mol. The van der Waals surface area contributed by atoms with E-state index >= 15 is 0 Å². The largest absolute Gasteiger partial charge is 0.485 e. The monoisotopic (exact) mass is 184 g/mol. The zero-order chi connectivity index (χ0) is 9.84. The molecule has 1 aromatic rings. The Morgan fingerprint density at radius 2 is 2.23 bits per heavy atom. The van der Waals surface area contributed by atoms with E-state index in [4.69, 9.17) is 9.84 Å². The summed E-state index contributed by atoms with van der Waals surface area (Å²) in [5.41, 5.74) is 0.932. The lowest BCUT2D eigenvalue weighted by Crippen LogP contribution is -2.16. The summed E-state index contributed by atoms with van der Waals surface area (Å²) < 4.78 is 18.2. The quantitative estimate of drug-likeness (QED) is 0.777. The van der Waals surface area contributed by atoms with E-state index in [2.05, 4.69) is 0 Å². The lowest BCUT2D eigenvalue weighted by Gasteiger charge is -2.12. The van der Waals surface area contributed by atoms with Gasteiger partial charge in [0.1, 0.15) is 6.10 Å². The van der Waals surface area contributed by atoms with Gasteiger partial charge >= 0.3 is 0 Å². The van der Waals surface area contributed by atoms with E-state index in [9.17, 15) is 4.39 Å². The molecule has 1 atom stereocenters. The van der Waals surface area contributed by atoms with Crippen molar-refractivity contribution in [3.8, 4) is 5.75 Å². The van der Waals surface area contributed by atoms with E-state index in [-0.39, 0.29) is 18.5 Å². The first kappa shape index (κ1) is 9.99.